The maximum Gasteiger partial charge on any atom is 0.411 e. The van der Waals surface area contributed by atoms with Crippen LogP contribution in [0.2, 0.25) is 0 Å². The van der Waals surface area contributed by atoms with Crippen molar-refractivity contribution < 1.29 is 14.3 Å². The van der Waals surface area contributed by atoms with E-state index in [-0.39, 0.29) is 24.6 Å². The molecule has 152 valence electrons. The van der Waals surface area contributed by atoms with Crippen molar-refractivity contribution in [1.82, 2.24) is 4.90 Å². The second-order valence-electron chi connectivity index (χ2n) is 7.39. The van der Waals surface area contributed by atoms with Crippen LogP contribution >= 0.6 is 12.4 Å². The molecule has 2 fully saturated rings. The van der Waals surface area contributed by atoms with Crippen LogP contribution in [0.4, 0.5) is 10.5 Å². The van der Waals surface area contributed by atoms with E-state index in [0.29, 0.717) is 12.6 Å². The van der Waals surface area contributed by atoms with Crippen LogP contribution in [0.25, 0.3) is 0 Å². The number of hydrogen-bond acceptors (Lipinski definition) is 4. The highest BCUT2D eigenvalue weighted by molar-refractivity contribution is 5.85. The second kappa shape index (κ2) is 11.4. The number of anilines is 1. The first kappa shape index (κ1) is 21.8. The average Bonchev–Trinajstić information content (AvgIpc) is 2.68. The van der Waals surface area contributed by atoms with E-state index in [1.165, 1.54) is 25.7 Å². The maximum absolute atomic E-state index is 12.4. The Balaban J connectivity index is 0.00000261. The second-order valence-corrected chi connectivity index (χ2v) is 7.39. The lowest BCUT2D eigenvalue weighted by Gasteiger charge is -2.41. The topological polar surface area (TPSA) is 50.8 Å². The van der Waals surface area contributed by atoms with Crippen LogP contribution in [0.5, 0.6) is 5.75 Å². The third-order valence-corrected chi connectivity index (χ3v) is 5.36. The molecule has 1 aromatic carbocycles. The Hall–Kier alpha value is -1.46. The number of rotatable bonds is 6. The predicted molar refractivity (Wildman–Crippen MR) is 111 cm³/mol. The molecular formula is C21H33ClN2O3. The molecule has 2 atom stereocenters. The van der Waals surface area contributed by atoms with Crippen LogP contribution < -0.4 is 10.1 Å². The number of hydrogen-bond donors (Lipinski definition) is 1. The fourth-order valence-electron chi connectivity index (χ4n) is 4.02. The van der Waals surface area contributed by atoms with Crippen LogP contribution in [0, 0.1) is 0 Å². The zero-order valence-corrected chi connectivity index (χ0v) is 17.1. The number of benzene rings is 1. The first-order valence-corrected chi connectivity index (χ1v) is 10.2. The van der Waals surface area contributed by atoms with Gasteiger partial charge in [-0.15, -0.1) is 12.4 Å². The van der Waals surface area contributed by atoms with E-state index < -0.39 is 0 Å². The number of carbonyl (C=O) groups is 1. The van der Waals surface area contributed by atoms with Crippen molar-refractivity contribution >= 4 is 24.2 Å². The highest BCUT2D eigenvalue weighted by Crippen LogP contribution is 2.28. The molecule has 1 saturated heterocycles. The fraction of sp³-hybridized carbons (Fsp3) is 0.667. The lowest BCUT2D eigenvalue weighted by molar-refractivity contribution is 0.00174. The first-order valence-electron chi connectivity index (χ1n) is 10.2. The van der Waals surface area contributed by atoms with E-state index in [2.05, 4.69) is 17.1 Å². The summed E-state index contributed by atoms with van der Waals surface area (Å²) in [4.78, 5) is 14.9. The van der Waals surface area contributed by atoms with Crippen LogP contribution in [0.15, 0.2) is 24.3 Å². The van der Waals surface area contributed by atoms with Crippen molar-refractivity contribution in [3.8, 4) is 5.75 Å². The summed E-state index contributed by atoms with van der Waals surface area (Å²) in [7, 11) is 0. The van der Waals surface area contributed by atoms with Gasteiger partial charge in [-0.1, -0.05) is 19.8 Å². The number of nitrogens with one attached hydrogen (secondary N) is 1. The van der Waals surface area contributed by atoms with Crippen molar-refractivity contribution in [2.75, 3.05) is 25.0 Å². The summed E-state index contributed by atoms with van der Waals surface area (Å²) in [5, 5.41) is 2.86. The summed E-state index contributed by atoms with van der Waals surface area (Å²) in [6, 6.07) is 7.86. The van der Waals surface area contributed by atoms with Gasteiger partial charge in [-0.3, -0.25) is 10.2 Å². The Kier molecular flexibility index (Phi) is 9.22. The number of halogens is 1. The number of ether oxygens (including phenoxy) is 2. The third kappa shape index (κ3) is 6.58. The van der Waals surface area contributed by atoms with E-state index in [1.807, 2.05) is 24.3 Å². The van der Waals surface area contributed by atoms with Gasteiger partial charge < -0.3 is 9.47 Å². The van der Waals surface area contributed by atoms with Crippen LogP contribution in [-0.4, -0.2) is 42.8 Å². The molecule has 0 aromatic heterocycles. The van der Waals surface area contributed by atoms with Gasteiger partial charge in [0.2, 0.25) is 0 Å². The zero-order valence-electron chi connectivity index (χ0n) is 16.3. The normalized spacial score (nSPS) is 23.1. The largest absolute Gasteiger partial charge is 0.494 e. The summed E-state index contributed by atoms with van der Waals surface area (Å²) >= 11 is 0. The van der Waals surface area contributed by atoms with Crippen molar-refractivity contribution in [2.24, 2.45) is 0 Å². The van der Waals surface area contributed by atoms with Gasteiger partial charge in [-0.25, -0.2) is 4.79 Å². The molecule has 0 bridgehead atoms. The van der Waals surface area contributed by atoms with Gasteiger partial charge in [0.05, 0.1) is 6.61 Å². The maximum atomic E-state index is 12.4. The standard InChI is InChI=1S/C21H32N2O3.ClH/c1-2-16-25-18-12-10-17(11-13-18)22-21(24)26-20-9-5-4-8-19(20)23-14-6-3-7-15-23;/h10-13,19-20H,2-9,14-16H2,1H3,(H,22,24);1H/t19-,20-;/m0./s1. The smallest absolute Gasteiger partial charge is 0.411 e. The van der Waals surface area contributed by atoms with Crippen molar-refractivity contribution in [2.45, 2.75) is 70.4 Å². The van der Waals surface area contributed by atoms with Crippen molar-refractivity contribution in [3.63, 3.8) is 0 Å². The molecule has 1 amide bonds. The minimum atomic E-state index is -0.346. The molecule has 6 heteroatoms. The van der Waals surface area contributed by atoms with Gasteiger partial charge in [0.1, 0.15) is 11.9 Å². The lowest BCUT2D eigenvalue weighted by atomic mass is 9.90. The van der Waals surface area contributed by atoms with Gasteiger partial charge in [0.15, 0.2) is 0 Å². The summed E-state index contributed by atoms with van der Waals surface area (Å²) in [6.07, 6.45) is 8.99. The molecule has 0 unspecified atom stereocenters. The Labute approximate surface area is 169 Å². The highest BCUT2D eigenvalue weighted by atomic mass is 35.5. The minimum absolute atomic E-state index is 0. The molecule has 27 heavy (non-hydrogen) atoms. The predicted octanol–water partition coefficient (Wildman–Crippen LogP) is 5.24. The molecular weight excluding hydrogens is 364 g/mol. The molecule has 1 aliphatic carbocycles. The molecule has 0 radical (unpaired) electrons. The van der Waals surface area contributed by atoms with Crippen LogP contribution in [0.3, 0.4) is 0 Å². The Morgan fingerprint density at radius 3 is 2.48 bits per heavy atom. The molecule has 5 nitrogen and oxygen atoms in total. The Morgan fingerprint density at radius 1 is 1.07 bits per heavy atom. The van der Waals surface area contributed by atoms with Gasteiger partial charge in [0.25, 0.3) is 0 Å². The summed E-state index contributed by atoms with van der Waals surface area (Å²) < 4.78 is 11.4. The van der Waals surface area contributed by atoms with Gasteiger partial charge >= 0.3 is 6.09 Å². The summed E-state index contributed by atoms with van der Waals surface area (Å²) in [5.74, 6) is 0.822. The van der Waals surface area contributed by atoms with Crippen molar-refractivity contribution in [3.05, 3.63) is 24.3 Å². The zero-order chi connectivity index (χ0) is 18.2. The van der Waals surface area contributed by atoms with E-state index in [4.69, 9.17) is 9.47 Å². The average molecular weight is 397 g/mol. The quantitative estimate of drug-likeness (QED) is 0.714. The molecule has 1 N–H and O–H groups in total. The van der Waals surface area contributed by atoms with Gasteiger partial charge in [0, 0.05) is 11.7 Å². The molecule has 1 heterocycles. The SMILES string of the molecule is CCCOc1ccc(NC(=O)O[C@H]2CCCC[C@@H]2N2CCCCC2)cc1.Cl. The van der Waals surface area contributed by atoms with Crippen LogP contribution in [-0.2, 0) is 4.74 Å². The van der Waals surface area contributed by atoms with Gasteiger partial charge in [-0.05, 0) is 75.9 Å². The van der Waals surface area contributed by atoms with Crippen molar-refractivity contribution in [1.29, 1.82) is 0 Å². The number of likely N-dealkylation sites (tertiary alicyclic amines) is 1. The Bertz CT molecular complexity index is 561. The number of nitrogens with zero attached hydrogens (tertiary/aromatic N) is 1. The van der Waals surface area contributed by atoms with E-state index in [9.17, 15) is 4.79 Å². The lowest BCUT2D eigenvalue weighted by Crippen LogP contribution is -2.49. The number of carbonyl (C=O) groups excluding carboxylic acids is 1. The molecule has 1 aliphatic heterocycles. The summed E-state index contributed by atoms with van der Waals surface area (Å²) in [6.45, 7) is 5.07. The Morgan fingerprint density at radius 2 is 1.78 bits per heavy atom. The first-order chi connectivity index (χ1) is 12.8. The monoisotopic (exact) mass is 396 g/mol. The fourth-order valence-corrected chi connectivity index (χ4v) is 4.02. The molecule has 3 rings (SSSR count). The third-order valence-electron chi connectivity index (χ3n) is 5.36. The van der Waals surface area contributed by atoms with E-state index in [0.717, 1.165) is 50.2 Å². The summed E-state index contributed by atoms with van der Waals surface area (Å²) in [5.41, 5.74) is 0.740. The van der Waals surface area contributed by atoms with E-state index >= 15 is 0 Å². The molecule has 1 aromatic rings. The minimum Gasteiger partial charge on any atom is -0.494 e. The number of piperidine rings is 1. The molecule has 2 aliphatic rings. The molecule has 0 spiro atoms. The van der Waals surface area contributed by atoms with Gasteiger partial charge in [-0.2, -0.15) is 0 Å². The highest BCUT2D eigenvalue weighted by Gasteiger charge is 2.33. The van der Waals surface area contributed by atoms with Crippen LogP contribution in [0.1, 0.15) is 58.3 Å². The van der Waals surface area contributed by atoms with E-state index in [1.54, 1.807) is 0 Å². The molecule has 1 saturated carbocycles. The number of amides is 1.